The van der Waals surface area contributed by atoms with Crippen LogP contribution in [0.4, 0.5) is 5.69 Å². The molecule has 20 heavy (non-hydrogen) atoms. The second kappa shape index (κ2) is 5.32. The molecule has 1 amide bonds. The Morgan fingerprint density at radius 2 is 2.30 bits per heavy atom. The van der Waals surface area contributed by atoms with Crippen LogP contribution < -0.4 is 5.32 Å². The minimum absolute atomic E-state index is 0.0782. The Morgan fingerprint density at radius 1 is 1.50 bits per heavy atom. The third-order valence-electron chi connectivity index (χ3n) is 3.14. The van der Waals surface area contributed by atoms with Crippen molar-refractivity contribution in [1.29, 1.82) is 0 Å². The number of nitrogens with zero attached hydrogens (tertiary/aromatic N) is 4. The van der Waals surface area contributed by atoms with E-state index in [1.54, 1.807) is 0 Å². The van der Waals surface area contributed by atoms with Crippen molar-refractivity contribution in [2.75, 3.05) is 5.32 Å². The predicted octanol–water partition coefficient (Wildman–Crippen LogP) is 2.26. The molecule has 0 spiro atoms. The normalized spacial score (nSPS) is 14.3. The molecule has 1 N–H and O–H groups in total. The molecule has 0 aliphatic heterocycles. The number of aromatic nitrogens is 4. The van der Waals surface area contributed by atoms with Crippen LogP contribution in [-0.4, -0.2) is 26.1 Å². The van der Waals surface area contributed by atoms with Crippen LogP contribution in [0.2, 0.25) is 0 Å². The van der Waals surface area contributed by atoms with E-state index in [9.17, 15) is 4.79 Å². The van der Waals surface area contributed by atoms with Gasteiger partial charge in [0.1, 0.15) is 6.54 Å². The number of hydrogen-bond donors (Lipinski definition) is 1. The SMILES string of the molecule is Cc1cc(NC(=O)Cn2nnc(C3CC3)n2)ccc1Br. The Labute approximate surface area is 124 Å². The van der Waals surface area contributed by atoms with Gasteiger partial charge in [-0.25, -0.2) is 0 Å². The number of tetrazole rings is 1. The van der Waals surface area contributed by atoms with Gasteiger partial charge in [0.25, 0.3) is 0 Å². The molecule has 0 saturated heterocycles. The van der Waals surface area contributed by atoms with E-state index in [0.717, 1.165) is 34.4 Å². The maximum absolute atomic E-state index is 11.9. The lowest BCUT2D eigenvalue weighted by Crippen LogP contribution is -2.20. The van der Waals surface area contributed by atoms with E-state index >= 15 is 0 Å². The average molecular weight is 336 g/mol. The van der Waals surface area contributed by atoms with Crippen LogP contribution in [0.15, 0.2) is 22.7 Å². The van der Waals surface area contributed by atoms with Crippen LogP contribution in [0.3, 0.4) is 0 Å². The highest BCUT2D eigenvalue weighted by Crippen LogP contribution is 2.37. The molecule has 1 saturated carbocycles. The minimum atomic E-state index is -0.161. The van der Waals surface area contributed by atoms with Gasteiger partial charge in [0.15, 0.2) is 5.82 Å². The fourth-order valence-electron chi connectivity index (χ4n) is 1.88. The predicted molar refractivity (Wildman–Crippen MR) is 77.3 cm³/mol. The van der Waals surface area contributed by atoms with Crippen LogP contribution in [-0.2, 0) is 11.3 Å². The highest BCUT2D eigenvalue weighted by atomic mass is 79.9. The van der Waals surface area contributed by atoms with E-state index in [0.29, 0.717) is 5.92 Å². The number of aryl methyl sites for hydroxylation is 1. The lowest BCUT2D eigenvalue weighted by atomic mass is 10.2. The highest BCUT2D eigenvalue weighted by molar-refractivity contribution is 9.10. The summed E-state index contributed by atoms with van der Waals surface area (Å²) >= 11 is 3.43. The van der Waals surface area contributed by atoms with E-state index in [4.69, 9.17) is 0 Å². The second-order valence-corrected chi connectivity index (χ2v) is 5.82. The molecule has 0 atom stereocenters. The monoisotopic (exact) mass is 335 g/mol. The molecule has 1 aliphatic carbocycles. The summed E-state index contributed by atoms with van der Waals surface area (Å²) in [6, 6.07) is 5.66. The first-order chi connectivity index (χ1) is 9.61. The van der Waals surface area contributed by atoms with Gasteiger partial charge in [-0.1, -0.05) is 15.9 Å². The molecule has 0 radical (unpaired) electrons. The lowest BCUT2D eigenvalue weighted by molar-refractivity contribution is -0.117. The van der Waals surface area contributed by atoms with E-state index < -0.39 is 0 Å². The summed E-state index contributed by atoms with van der Waals surface area (Å²) in [6.07, 6.45) is 2.24. The first-order valence-corrected chi connectivity index (χ1v) is 7.25. The molecule has 1 aromatic carbocycles. The van der Waals surface area contributed by atoms with Crippen LogP contribution in [0, 0.1) is 6.92 Å². The first kappa shape index (κ1) is 13.2. The van der Waals surface area contributed by atoms with Crippen molar-refractivity contribution < 1.29 is 4.79 Å². The van der Waals surface area contributed by atoms with Gasteiger partial charge in [-0.3, -0.25) is 4.79 Å². The van der Waals surface area contributed by atoms with Crippen LogP contribution in [0.5, 0.6) is 0 Å². The van der Waals surface area contributed by atoms with Gasteiger partial charge in [0.05, 0.1) is 0 Å². The smallest absolute Gasteiger partial charge is 0.248 e. The van der Waals surface area contributed by atoms with Crippen molar-refractivity contribution in [3.8, 4) is 0 Å². The molecule has 1 aliphatic rings. The molecule has 1 aromatic heterocycles. The van der Waals surface area contributed by atoms with Crippen molar-refractivity contribution in [1.82, 2.24) is 20.2 Å². The molecule has 1 heterocycles. The summed E-state index contributed by atoms with van der Waals surface area (Å²) < 4.78 is 1.02. The summed E-state index contributed by atoms with van der Waals surface area (Å²) in [6.45, 7) is 2.05. The Hall–Kier alpha value is -1.76. The molecule has 104 valence electrons. The van der Waals surface area contributed by atoms with Crippen molar-refractivity contribution in [3.05, 3.63) is 34.1 Å². The van der Waals surface area contributed by atoms with Crippen molar-refractivity contribution in [2.45, 2.75) is 32.2 Å². The molecular formula is C13H14BrN5O. The molecule has 7 heteroatoms. The zero-order chi connectivity index (χ0) is 14.1. The minimum Gasteiger partial charge on any atom is -0.324 e. The van der Waals surface area contributed by atoms with Gasteiger partial charge >= 0.3 is 0 Å². The number of anilines is 1. The topological polar surface area (TPSA) is 72.7 Å². The Kier molecular flexibility index (Phi) is 3.52. The van der Waals surface area contributed by atoms with Gasteiger partial charge in [0.2, 0.25) is 5.91 Å². The number of carbonyl (C=O) groups excluding carboxylic acids is 1. The number of halogens is 1. The third kappa shape index (κ3) is 3.04. The fourth-order valence-corrected chi connectivity index (χ4v) is 2.13. The number of hydrogen-bond acceptors (Lipinski definition) is 4. The number of carbonyl (C=O) groups is 1. The van der Waals surface area contributed by atoms with Gasteiger partial charge in [-0.2, -0.15) is 4.80 Å². The quantitative estimate of drug-likeness (QED) is 0.930. The molecule has 1 fully saturated rings. The van der Waals surface area contributed by atoms with Gasteiger partial charge in [0, 0.05) is 16.1 Å². The fraction of sp³-hybridized carbons (Fsp3) is 0.385. The van der Waals surface area contributed by atoms with Crippen LogP contribution in [0.1, 0.15) is 30.1 Å². The Morgan fingerprint density at radius 3 is 3.00 bits per heavy atom. The molecule has 2 aromatic rings. The molecule has 3 rings (SSSR count). The Balaban J connectivity index is 1.61. The largest absolute Gasteiger partial charge is 0.324 e. The van der Waals surface area contributed by atoms with Crippen LogP contribution >= 0.6 is 15.9 Å². The highest BCUT2D eigenvalue weighted by Gasteiger charge is 2.28. The van der Waals surface area contributed by atoms with E-state index in [1.165, 1.54) is 4.80 Å². The molecule has 6 nitrogen and oxygen atoms in total. The van der Waals surface area contributed by atoms with Gasteiger partial charge in [-0.15, -0.1) is 10.2 Å². The number of benzene rings is 1. The zero-order valence-electron chi connectivity index (χ0n) is 11.0. The third-order valence-corrected chi connectivity index (χ3v) is 4.03. The standard InChI is InChI=1S/C13H14BrN5O/c1-8-6-10(4-5-11(8)14)15-12(20)7-19-17-13(16-18-19)9-2-3-9/h4-6,9H,2-3,7H2,1H3,(H,15,20). The van der Waals surface area contributed by atoms with Crippen molar-refractivity contribution >= 4 is 27.5 Å². The summed E-state index contributed by atoms with van der Waals surface area (Å²) in [5.74, 6) is 1.03. The second-order valence-electron chi connectivity index (χ2n) is 4.96. The van der Waals surface area contributed by atoms with Gasteiger partial charge < -0.3 is 5.32 Å². The Bertz CT molecular complexity index is 650. The molecular weight excluding hydrogens is 322 g/mol. The maximum Gasteiger partial charge on any atom is 0.248 e. The molecule has 0 unspecified atom stereocenters. The number of rotatable bonds is 4. The first-order valence-electron chi connectivity index (χ1n) is 6.45. The number of nitrogens with one attached hydrogen (secondary N) is 1. The zero-order valence-corrected chi connectivity index (χ0v) is 12.6. The van der Waals surface area contributed by atoms with E-state index in [2.05, 4.69) is 36.7 Å². The van der Waals surface area contributed by atoms with Crippen LogP contribution in [0.25, 0.3) is 0 Å². The summed E-state index contributed by atoms with van der Waals surface area (Å²) in [5.41, 5.74) is 1.83. The van der Waals surface area contributed by atoms with E-state index in [1.807, 2.05) is 25.1 Å². The lowest BCUT2D eigenvalue weighted by Gasteiger charge is -2.06. The summed E-state index contributed by atoms with van der Waals surface area (Å²) in [4.78, 5) is 13.3. The van der Waals surface area contributed by atoms with Crippen molar-refractivity contribution in [2.24, 2.45) is 0 Å². The maximum atomic E-state index is 11.9. The van der Waals surface area contributed by atoms with Gasteiger partial charge in [-0.05, 0) is 48.7 Å². The summed E-state index contributed by atoms with van der Waals surface area (Å²) in [7, 11) is 0. The average Bonchev–Trinajstić information content (AvgIpc) is 3.15. The number of amides is 1. The molecule has 0 bridgehead atoms. The van der Waals surface area contributed by atoms with Crippen molar-refractivity contribution in [3.63, 3.8) is 0 Å². The van der Waals surface area contributed by atoms with E-state index in [-0.39, 0.29) is 12.5 Å². The summed E-state index contributed by atoms with van der Waals surface area (Å²) in [5, 5.41) is 14.9.